The lowest BCUT2D eigenvalue weighted by molar-refractivity contribution is -0.150. The number of rotatable bonds is 7. The Labute approximate surface area is 156 Å². The summed E-state index contributed by atoms with van der Waals surface area (Å²) >= 11 is 5.93. The number of carbonyl (C=O) groups is 3. The third-order valence-corrected chi connectivity index (χ3v) is 4.52. The fourth-order valence-electron chi connectivity index (χ4n) is 2.45. The minimum atomic E-state index is -0.961. The second-order valence-electron chi connectivity index (χ2n) is 6.42. The molecule has 2 amide bonds. The van der Waals surface area contributed by atoms with Gasteiger partial charge in [-0.05, 0) is 44.7 Å². The zero-order chi connectivity index (χ0) is 19.3. The van der Waals surface area contributed by atoms with Crippen molar-refractivity contribution in [3.05, 3.63) is 34.9 Å². The lowest BCUT2D eigenvalue weighted by Crippen LogP contribution is -2.49. The monoisotopic (exact) mass is 377 g/mol. The molecule has 1 aliphatic rings. The van der Waals surface area contributed by atoms with Crippen LogP contribution in [-0.4, -0.2) is 36.0 Å². The first-order valence-electron chi connectivity index (χ1n) is 8.21. The minimum Gasteiger partial charge on any atom is -0.454 e. The Balaban J connectivity index is 1.82. The van der Waals surface area contributed by atoms with E-state index in [4.69, 9.17) is 16.3 Å². The molecule has 0 spiro atoms. The second kappa shape index (κ2) is 8.19. The highest BCUT2D eigenvalue weighted by molar-refractivity contribution is 6.33. The molecule has 0 bridgehead atoms. The van der Waals surface area contributed by atoms with Gasteiger partial charge in [0, 0.05) is 0 Å². The van der Waals surface area contributed by atoms with Crippen LogP contribution >= 0.6 is 11.6 Å². The van der Waals surface area contributed by atoms with Crippen molar-refractivity contribution >= 4 is 29.4 Å². The fraction of sp³-hybridized carbons (Fsp3) is 0.444. The predicted molar refractivity (Wildman–Crippen MR) is 94.2 cm³/mol. The van der Waals surface area contributed by atoms with Crippen LogP contribution in [0, 0.1) is 17.2 Å². The molecule has 0 saturated heterocycles. The third-order valence-electron chi connectivity index (χ3n) is 4.19. The first kappa shape index (κ1) is 19.7. The zero-order valence-electron chi connectivity index (χ0n) is 14.5. The number of ether oxygens (including phenoxy) is 1. The Kier molecular flexibility index (Phi) is 6.22. The van der Waals surface area contributed by atoms with E-state index >= 15 is 0 Å². The fourth-order valence-corrected chi connectivity index (χ4v) is 2.67. The molecule has 138 valence electrons. The van der Waals surface area contributed by atoms with Crippen LogP contribution in [0.3, 0.4) is 0 Å². The normalized spacial score (nSPS) is 16.5. The summed E-state index contributed by atoms with van der Waals surface area (Å²) < 4.78 is 4.92. The average Bonchev–Trinajstić information content (AvgIpc) is 3.45. The summed E-state index contributed by atoms with van der Waals surface area (Å²) in [6.07, 6.45) is 1.77. The van der Waals surface area contributed by atoms with E-state index in [2.05, 4.69) is 16.7 Å². The summed E-state index contributed by atoms with van der Waals surface area (Å²) in [6, 6.07) is 7.56. The molecular weight excluding hydrogens is 358 g/mol. The molecule has 2 atom stereocenters. The molecule has 1 fully saturated rings. The van der Waals surface area contributed by atoms with Crippen LogP contribution < -0.4 is 10.6 Å². The number of esters is 1. The van der Waals surface area contributed by atoms with Crippen molar-refractivity contribution in [3.8, 4) is 6.07 Å². The summed E-state index contributed by atoms with van der Waals surface area (Å²) in [6.45, 7) is 2.57. The topological polar surface area (TPSA) is 108 Å². The lowest BCUT2D eigenvalue weighted by Gasteiger charge is -2.23. The van der Waals surface area contributed by atoms with Crippen molar-refractivity contribution in [2.45, 2.75) is 38.3 Å². The molecule has 0 aliphatic heterocycles. The maximum atomic E-state index is 12.1. The van der Waals surface area contributed by atoms with E-state index < -0.39 is 36.0 Å². The van der Waals surface area contributed by atoms with Gasteiger partial charge in [0.2, 0.25) is 0 Å². The van der Waals surface area contributed by atoms with Gasteiger partial charge in [0.25, 0.3) is 11.8 Å². The number of hydrogen-bond acceptors (Lipinski definition) is 5. The van der Waals surface area contributed by atoms with Crippen molar-refractivity contribution in [1.82, 2.24) is 10.6 Å². The van der Waals surface area contributed by atoms with E-state index in [1.807, 2.05) is 0 Å². The van der Waals surface area contributed by atoms with Crippen LogP contribution in [0.4, 0.5) is 0 Å². The van der Waals surface area contributed by atoms with Crippen LogP contribution in [0.25, 0.3) is 0 Å². The number of nitrogens with one attached hydrogen (secondary N) is 2. The molecule has 0 heterocycles. The zero-order valence-corrected chi connectivity index (χ0v) is 15.3. The first-order chi connectivity index (χ1) is 12.3. The van der Waals surface area contributed by atoms with Crippen molar-refractivity contribution < 1.29 is 19.1 Å². The maximum Gasteiger partial charge on any atom is 0.328 e. The largest absolute Gasteiger partial charge is 0.454 e. The van der Waals surface area contributed by atoms with Crippen molar-refractivity contribution in [2.24, 2.45) is 5.92 Å². The van der Waals surface area contributed by atoms with Gasteiger partial charge in [-0.2, -0.15) is 5.26 Å². The van der Waals surface area contributed by atoms with Gasteiger partial charge in [-0.15, -0.1) is 0 Å². The van der Waals surface area contributed by atoms with Crippen LogP contribution in [0.15, 0.2) is 24.3 Å². The minimum absolute atomic E-state index is 0.126. The number of nitriles is 1. The van der Waals surface area contributed by atoms with Crippen LogP contribution in [0.5, 0.6) is 0 Å². The summed E-state index contributed by atoms with van der Waals surface area (Å²) in [5.74, 6) is -1.71. The van der Waals surface area contributed by atoms with E-state index in [9.17, 15) is 19.6 Å². The van der Waals surface area contributed by atoms with E-state index in [1.54, 1.807) is 25.1 Å². The molecule has 1 aromatic rings. The number of benzene rings is 1. The van der Waals surface area contributed by atoms with Gasteiger partial charge >= 0.3 is 5.97 Å². The van der Waals surface area contributed by atoms with E-state index in [-0.39, 0.29) is 16.5 Å². The molecule has 7 nitrogen and oxygen atoms in total. The Morgan fingerprint density at radius 1 is 1.38 bits per heavy atom. The molecule has 8 heteroatoms. The molecule has 0 radical (unpaired) electrons. The highest BCUT2D eigenvalue weighted by Crippen LogP contribution is 2.39. The predicted octanol–water partition coefficient (Wildman–Crippen LogP) is 1.81. The molecule has 2 N–H and O–H groups in total. The summed E-state index contributed by atoms with van der Waals surface area (Å²) in [4.78, 5) is 36.0. The number of amides is 2. The molecule has 1 aliphatic carbocycles. The Hall–Kier alpha value is -2.59. The van der Waals surface area contributed by atoms with Crippen LogP contribution in [-0.2, 0) is 14.3 Å². The second-order valence-corrected chi connectivity index (χ2v) is 6.83. The van der Waals surface area contributed by atoms with E-state index in [1.165, 1.54) is 13.0 Å². The molecule has 1 saturated carbocycles. The van der Waals surface area contributed by atoms with E-state index in [0.717, 1.165) is 12.8 Å². The van der Waals surface area contributed by atoms with Gasteiger partial charge in [0.15, 0.2) is 6.61 Å². The summed E-state index contributed by atoms with van der Waals surface area (Å²) in [5.41, 5.74) is -0.714. The van der Waals surface area contributed by atoms with Crippen molar-refractivity contribution in [2.75, 3.05) is 6.61 Å². The van der Waals surface area contributed by atoms with Gasteiger partial charge < -0.3 is 15.4 Å². The first-order valence-corrected chi connectivity index (χ1v) is 8.59. The van der Waals surface area contributed by atoms with Gasteiger partial charge in [-0.1, -0.05) is 23.7 Å². The van der Waals surface area contributed by atoms with Crippen molar-refractivity contribution in [1.29, 1.82) is 5.26 Å². The molecular formula is C18H20ClN3O4. The average molecular weight is 378 g/mol. The summed E-state index contributed by atoms with van der Waals surface area (Å²) in [7, 11) is 0. The third kappa shape index (κ3) is 4.96. The molecule has 1 aromatic carbocycles. The van der Waals surface area contributed by atoms with Gasteiger partial charge in [-0.3, -0.25) is 9.59 Å². The van der Waals surface area contributed by atoms with Gasteiger partial charge in [0.1, 0.15) is 11.6 Å². The van der Waals surface area contributed by atoms with E-state index in [0.29, 0.717) is 0 Å². The highest BCUT2D eigenvalue weighted by Gasteiger charge is 2.43. The number of hydrogen-bond donors (Lipinski definition) is 2. The number of carbonyl (C=O) groups excluding carboxylic acids is 3. The number of nitrogens with zero attached hydrogens (tertiary/aromatic N) is 1. The number of halogens is 1. The maximum absolute atomic E-state index is 12.1. The van der Waals surface area contributed by atoms with Crippen LogP contribution in [0.1, 0.15) is 37.0 Å². The SMILES string of the molecule is C[C@H](NC(=O)c1ccccc1Cl)C(=O)OCC(=O)N[C@](C)(C#N)C1CC1. The Morgan fingerprint density at radius 2 is 2.04 bits per heavy atom. The molecule has 0 unspecified atom stereocenters. The molecule has 2 rings (SSSR count). The van der Waals surface area contributed by atoms with Gasteiger partial charge in [0.05, 0.1) is 16.7 Å². The molecule has 26 heavy (non-hydrogen) atoms. The highest BCUT2D eigenvalue weighted by atomic mass is 35.5. The smallest absolute Gasteiger partial charge is 0.328 e. The van der Waals surface area contributed by atoms with Crippen LogP contribution in [0.2, 0.25) is 5.02 Å². The van der Waals surface area contributed by atoms with Crippen molar-refractivity contribution in [3.63, 3.8) is 0 Å². The lowest BCUT2D eigenvalue weighted by atomic mass is 9.98. The quantitative estimate of drug-likeness (QED) is 0.704. The Bertz CT molecular complexity index is 757. The van der Waals surface area contributed by atoms with Gasteiger partial charge in [-0.25, -0.2) is 4.79 Å². The summed E-state index contributed by atoms with van der Waals surface area (Å²) in [5, 5.41) is 14.5. The molecule has 0 aromatic heterocycles. The standard InChI is InChI=1S/C18H20ClN3O4/c1-11(21-16(24)13-5-3-4-6-14(13)19)17(25)26-9-15(23)22-18(2,10-20)12-7-8-12/h3-6,11-12H,7-9H2,1-2H3,(H,21,24)(H,22,23)/t11-,18+/m0/s1. The Morgan fingerprint density at radius 3 is 2.62 bits per heavy atom.